The van der Waals surface area contributed by atoms with Gasteiger partial charge in [0, 0.05) is 26.6 Å². The van der Waals surface area contributed by atoms with Gasteiger partial charge >= 0.3 is 0 Å². The number of hydrogen-bond acceptors (Lipinski definition) is 3. The minimum absolute atomic E-state index is 0.724. The van der Waals surface area contributed by atoms with Gasteiger partial charge in [0.15, 0.2) is 5.82 Å². The maximum absolute atomic E-state index is 5.30. The van der Waals surface area contributed by atoms with Crippen molar-refractivity contribution in [2.75, 3.05) is 0 Å². The van der Waals surface area contributed by atoms with Gasteiger partial charge in [0.2, 0.25) is 0 Å². The van der Waals surface area contributed by atoms with E-state index in [1.807, 2.05) is 0 Å². The molecule has 0 unspecified atom stereocenters. The zero-order valence-electron chi connectivity index (χ0n) is 29.9. The first-order valence-electron chi connectivity index (χ1n) is 18.6. The normalized spacial score (nSPS) is 11.3. The molecule has 0 N–H and O–H groups in total. The van der Waals surface area contributed by atoms with Gasteiger partial charge in [-0.25, -0.2) is 9.97 Å². The average molecular weight is 719 g/mol. The van der Waals surface area contributed by atoms with Gasteiger partial charge in [0.05, 0.1) is 5.69 Å². The summed E-state index contributed by atoms with van der Waals surface area (Å²) >= 11 is 1.73. The molecule has 0 aliphatic heterocycles. The summed E-state index contributed by atoms with van der Waals surface area (Å²) in [6.45, 7) is 0. The van der Waals surface area contributed by atoms with Gasteiger partial charge in [0.1, 0.15) is 4.83 Å². The number of benzene rings is 8. The Morgan fingerprint density at radius 2 is 0.673 bits per heavy atom. The van der Waals surface area contributed by atoms with Crippen LogP contribution in [0.15, 0.2) is 206 Å². The third-order valence-corrected chi connectivity index (χ3v) is 11.3. The molecular weight excluding hydrogens is 685 g/mol. The summed E-state index contributed by atoms with van der Waals surface area (Å²) in [6.07, 6.45) is 0. The Morgan fingerprint density at radius 1 is 0.291 bits per heavy atom. The Morgan fingerprint density at radius 3 is 1.20 bits per heavy atom. The van der Waals surface area contributed by atoms with E-state index in [0.29, 0.717) is 0 Å². The molecule has 0 saturated carbocycles. The second-order valence-electron chi connectivity index (χ2n) is 13.8. The lowest BCUT2D eigenvalue weighted by Gasteiger charge is -2.15. The van der Waals surface area contributed by atoms with E-state index in [-0.39, 0.29) is 0 Å². The third kappa shape index (κ3) is 6.41. The highest BCUT2D eigenvalue weighted by atomic mass is 32.1. The zero-order chi connectivity index (χ0) is 36.6. The van der Waals surface area contributed by atoms with Crippen LogP contribution in [0.3, 0.4) is 0 Å². The van der Waals surface area contributed by atoms with Gasteiger partial charge in [0.25, 0.3) is 0 Å². The fourth-order valence-corrected chi connectivity index (χ4v) is 8.62. The molecule has 2 aromatic heterocycles. The lowest BCUT2D eigenvalue weighted by atomic mass is 9.89. The topological polar surface area (TPSA) is 25.8 Å². The number of aromatic nitrogens is 2. The first kappa shape index (κ1) is 32.7. The molecule has 0 spiro atoms. The van der Waals surface area contributed by atoms with Crippen LogP contribution < -0.4 is 0 Å². The number of fused-ring (bicyclic) bond motifs is 3. The molecule has 258 valence electrons. The van der Waals surface area contributed by atoms with Crippen molar-refractivity contribution in [1.29, 1.82) is 0 Å². The molecule has 10 aromatic rings. The summed E-state index contributed by atoms with van der Waals surface area (Å²) in [5.74, 6) is 0.724. The largest absolute Gasteiger partial charge is 0.227 e. The summed E-state index contributed by atoms with van der Waals surface area (Å²) in [6, 6.07) is 73.6. The van der Waals surface area contributed by atoms with Crippen molar-refractivity contribution in [2.45, 2.75) is 0 Å². The highest BCUT2D eigenvalue weighted by Crippen LogP contribution is 2.41. The summed E-state index contributed by atoms with van der Waals surface area (Å²) in [5, 5.41) is 2.30. The molecule has 8 aromatic carbocycles. The van der Waals surface area contributed by atoms with Gasteiger partial charge in [-0.1, -0.05) is 158 Å². The first-order valence-corrected chi connectivity index (χ1v) is 19.4. The van der Waals surface area contributed by atoms with Crippen LogP contribution in [0.5, 0.6) is 0 Å². The van der Waals surface area contributed by atoms with Crippen molar-refractivity contribution in [1.82, 2.24) is 9.97 Å². The van der Waals surface area contributed by atoms with E-state index in [1.165, 1.54) is 49.0 Å². The minimum atomic E-state index is 0.724. The molecule has 0 aliphatic carbocycles. The Kier molecular flexibility index (Phi) is 8.40. The van der Waals surface area contributed by atoms with Crippen LogP contribution in [-0.4, -0.2) is 9.97 Å². The molecule has 10 rings (SSSR count). The van der Waals surface area contributed by atoms with Crippen molar-refractivity contribution in [2.24, 2.45) is 0 Å². The van der Waals surface area contributed by atoms with Gasteiger partial charge in [-0.2, -0.15) is 0 Å². The molecule has 0 radical (unpaired) electrons. The van der Waals surface area contributed by atoms with Crippen LogP contribution in [0.2, 0.25) is 0 Å². The monoisotopic (exact) mass is 718 g/mol. The van der Waals surface area contributed by atoms with E-state index in [1.54, 1.807) is 11.3 Å². The van der Waals surface area contributed by atoms with E-state index < -0.39 is 0 Å². The van der Waals surface area contributed by atoms with E-state index in [9.17, 15) is 0 Å². The zero-order valence-corrected chi connectivity index (χ0v) is 30.7. The fourth-order valence-electron chi connectivity index (χ4n) is 7.54. The van der Waals surface area contributed by atoms with Gasteiger partial charge < -0.3 is 0 Å². The number of hydrogen-bond donors (Lipinski definition) is 0. The predicted octanol–water partition coefficient (Wildman–Crippen LogP) is 14.5. The lowest BCUT2D eigenvalue weighted by molar-refractivity contribution is 1.24. The number of nitrogens with zero attached hydrogens (tertiary/aromatic N) is 2. The van der Waals surface area contributed by atoms with Crippen molar-refractivity contribution in [3.63, 3.8) is 0 Å². The molecule has 0 aliphatic rings. The van der Waals surface area contributed by atoms with Crippen molar-refractivity contribution in [3.8, 4) is 78.3 Å². The summed E-state index contributed by atoms with van der Waals surface area (Å²) in [4.78, 5) is 11.5. The standard InChI is InChI=1S/C52H34N2S/c1-5-16-35(17-6-1)41-29-42(36-18-7-2-8-19-36)32-45(31-41)46-33-43(37-20-9-3-10-21-37)30-44(34-46)39-24-15-25-40(28-39)51-53-50(38-22-11-4-12-23-38)49-47-26-13-14-27-48(47)55-52(49)54-51/h1-34H. The first-order chi connectivity index (χ1) is 27.2. The van der Waals surface area contributed by atoms with Crippen molar-refractivity contribution < 1.29 is 0 Å². The maximum Gasteiger partial charge on any atom is 0.161 e. The number of rotatable bonds is 7. The molecule has 0 fully saturated rings. The quantitative estimate of drug-likeness (QED) is 0.164. The van der Waals surface area contributed by atoms with Crippen LogP contribution in [0.25, 0.3) is 98.6 Å². The van der Waals surface area contributed by atoms with Gasteiger partial charge in [-0.05, 0) is 104 Å². The van der Waals surface area contributed by atoms with E-state index in [2.05, 4.69) is 206 Å². The lowest BCUT2D eigenvalue weighted by Crippen LogP contribution is -1.94. The molecular formula is C52H34N2S. The predicted molar refractivity (Wildman–Crippen MR) is 233 cm³/mol. The second-order valence-corrected chi connectivity index (χ2v) is 14.8. The fraction of sp³-hybridized carbons (Fsp3) is 0. The van der Waals surface area contributed by atoms with E-state index >= 15 is 0 Å². The van der Waals surface area contributed by atoms with Gasteiger partial charge in [-0.3, -0.25) is 0 Å². The molecule has 55 heavy (non-hydrogen) atoms. The summed E-state index contributed by atoms with van der Waals surface area (Å²) < 4.78 is 1.21. The smallest absolute Gasteiger partial charge is 0.161 e. The summed E-state index contributed by atoms with van der Waals surface area (Å²) in [7, 11) is 0. The maximum atomic E-state index is 5.30. The van der Waals surface area contributed by atoms with Crippen molar-refractivity contribution >= 4 is 31.6 Å². The van der Waals surface area contributed by atoms with Crippen LogP contribution in [0, 0.1) is 0 Å². The summed E-state index contributed by atoms with van der Waals surface area (Å²) in [5.41, 5.74) is 14.7. The molecule has 2 heterocycles. The Labute approximate surface area is 324 Å². The SMILES string of the molecule is c1ccc(-c2cc(-c3ccccc3)cc(-c3cc(-c4ccccc4)cc(-c4cccc(-c5nc(-c6ccccc6)c6c(n5)sc5ccccc56)c4)c3)c2)cc1. The van der Waals surface area contributed by atoms with Crippen LogP contribution in [0.1, 0.15) is 0 Å². The second kappa shape index (κ2) is 14.1. The highest BCUT2D eigenvalue weighted by molar-refractivity contribution is 7.25. The average Bonchev–Trinajstić information content (AvgIpc) is 3.66. The van der Waals surface area contributed by atoms with Crippen LogP contribution >= 0.6 is 11.3 Å². The Hall–Kier alpha value is -6.94. The molecule has 0 saturated heterocycles. The van der Waals surface area contributed by atoms with E-state index in [4.69, 9.17) is 9.97 Å². The van der Waals surface area contributed by atoms with Crippen LogP contribution in [-0.2, 0) is 0 Å². The number of thiophene rings is 1. The highest BCUT2D eigenvalue weighted by Gasteiger charge is 2.18. The van der Waals surface area contributed by atoms with Gasteiger partial charge in [-0.15, -0.1) is 11.3 Å². The Bertz CT molecular complexity index is 2900. The minimum Gasteiger partial charge on any atom is -0.227 e. The molecule has 0 amide bonds. The Balaban J connectivity index is 1.15. The van der Waals surface area contributed by atoms with Crippen LogP contribution in [0.4, 0.5) is 0 Å². The van der Waals surface area contributed by atoms with Crippen molar-refractivity contribution in [3.05, 3.63) is 206 Å². The molecule has 0 atom stereocenters. The van der Waals surface area contributed by atoms with E-state index in [0.717, 1.165) is 49.6 Å². The molecule has 2 nitrogen and oxygen atoms in total. The molecule has 0 bridgehead atoms. The third-order valence-electron chi connectivity index (χ3n) is 10.3. The molecule has 3 heteroatoms.